The Morgan fingerprint density at radius 3 is 2.38 bits per heavy atom. The van der Waals surface area contributed by atoms with E-state index in [9.17, 15) is 8.42 Å². The second kappa shape index (κ2) is 7.81. The molecule has 5 aromatic rings. The summed E-state index contributed by atoms with van der Waals surface area (Å²) in [6.07, 6.45) is 0. The quantitative estimate of drug-likeness (QED) is 0.443. The van der Waals surface area contributed by atoms with Gasteiger partial charge in [-0.25, -0.2) is 13.1 Å². The van der Waals surface area contributed by atoms with Crippen LogP contribution in [0.5, 0.6) is 0 Å². The number of aromatic nitrogens is 4. The zero-order chi connectivity index (χ0) is 22.3. The van der Waals surface area contributed by atoms with Crippen molar-refractivity contribution in [2.75, 3.05) is 0 Å². The Kier molecular flexibility index (Phi) is 4.96. The highest BCUT2D eigenvalue weighted by molar-refractivity contribution is 7.89. The summed E-state index contributed by atoms with van der Waals surface area (Å²) in [5.41, 5.74) is 3.65. The maximum absolute atomic E-state index is 13.1. The number of aryl methyl sites for hydroxylation is 2. The summed E-state index contributed by atoms with van der Waals surface area (Å²) in [5.74, 6) is 0.494. The fourth-order valence-corrected chi connectivity index (χ4v) is 5.09. The molecular weight excluding hydrogens is 422 g/mol. The highest BCUT2D eigenvalue weighted by atomic mass is 32.2. The van der Waals surface area contributed by atoms with Crippen molar-refractivity contribution >= 4 is 26.4 Å². The molecule has 5 rings (SSSR count). The predicted octanol–water partition coefficient (Wildman–Crippen LogP) is 4.04. The van der Waals surface area contributed by atoms with Crippen LogP contribution < -0.4 is 4.72 Å². The van der Waals surface area contributed by atoms with E-state index in [-0.39, 0.29) is 11.4 Å². The van der Waals surface area contributed by atoms with Gasteiger partial charge in [0.2, 0.25) is 10.0 Å². The molecule has 0 aliphatic rings. The molecule has 0 fully saturated rings. The fourth-order valence-electron chi connectivity index (χ4n) is 3.80. The zero-order valence-corrected chi connectivity index (χ0v) is 18.5. The zero-order valence-electron chi connectivity index (χ0n) is 17.6. The lowest BCUT2D eigenvalue weighted by atomic mass is 10.1. The maximum Gasteiger partial charge on any atom is 0.241 e. The van der Waals surface area contributed by atoms with Crippen LogP contribution in [0.1, 0.15) is 16.8 Å². The van der Waals surface area contributed by atoms with Gasteiger partial charge in [0, 0.05) is 22.9 Å². The molecule has 1 N–H and O–H groups in total. The van der Waals surface area contributed by atoms with Crippen molar-refractivity contribution < 1.29 is 8.42 Å². The van der Waals surface area contributed by atoms with Gasteiger partial charge in [-0.15, -0.1) is 10.2 Å². The molecule has 7 nitrogen and oxygen atoms in total. The highest BCUT2D eigenvalue weighted by Gasteiger charge is 2.20. The predicted molar refractivity (Wildman–Crippen MR) is 124 cm³/mol. The van der Waals surface area contributed by atoms with E-state index in [2.05, 4.69) is 20.0 Å². The summed E-state index contributed by atoms with van der Waals surface area (Å²) in [5, 5.41) is 15.3. The minimum absolute atomic E-state index is 0.209. The average molecular weight is 444 g/mol. The van der Waals surface area contributed by atoms with Crippen molar-refractivity contribution in [1.82, 2.24) is 24.5 Å². The van der Waals surface area contributed by atoms with E-state index in [0.29, 0.717) is 22.6 Å². The average Bonchev–Trinajstić information content (AvgIpc) is 3.23. The first kappa shape index (κ1) is 20.3. The Balaban J connectivity index is 1.57. The Morgan fingerprint density at radius 2 is 1.59 bits per heavy atom. The van der Waals surface area contributed by atoms with Gasteiger partial charge in [-0.1, -0.05) is 66.7 Å². The van der Waals surface area contributed by atoms with Gasteiger partial charge < -0.3 is 0 Å². The minimum atomic E-state index is -3.73. The van der Waals surface area contributed by atoms with Gasteiger partial charge >= 0.3 is 0 Å². The van der Waals surface area contributed by atoms with E-state index >= 15 is 0 Å². The Morgan fingerprint density at radius 1 is 0.875 bits per heavy atom. The van der Waals surface area contributed by atoms with Gasteiger partial charge in [0.1, 0.15) is 0 Å². The van der Waals surface area contributed by atoms with Crippen LogP contribution in [0, 0.1) is 13.8 Å². The largest absolute Gasteiger partial charge is 0.241 e. The smallest absolute Gasteiger partial charge is 0.207 e. The minimum Gasteiger partial charge on any atom is -0.207 e. The number of rotatable bonds is 5. The number of fused-ring (bicyclic) bond motifs is 3. The first-order valence-electron chi connectivity index (χ1n) is 10.2. The van der Waals surface area contributed by atoms with Gasteiger partial charge in [0.25, 0.3) is 0 Å². The molecule has 32 heavy (non-hydrogen) atoms. The third-order valence-electron chi connectivity index (χ3n) is 5.49. The van der Waals surface area contributed by atoms with Crippen LogP contribution in [-0.2, 0) is 16.6 Å². The number of nitrogens with zero attached hydrogens (tertiary/aromatic N) is 4. The molecule has 0 unspecified atom stereocenters. The van der Waals surface area contributed by atoms with Gasteiger partial charge in [0.05, 0.1) is 10.6 Å². The van der Waals surface area contributed by atoms with Crippen LogP contribution in [0.4, 0.5) is 0 Å². The summed E-state index contributed by atoms with van der Waals surface area (Å²) in [4.78, 5) is 0.209. The fraction of sp³-hybridized carbons (Fsp3) is 0.125. The molecule has 0 atom stereocenters. The third-order valence-corrected chi connectivity index (χ3v) is 7.04. The lowest BCUT2D eigenvalue weighted by molar-refractivity contribution is 0.580. The maximum atomic E-state index is 13.1. The van der Waals surface area contributed by atoms with E-state index in [1.165, 1.54) is 0 Å². The molecule has 160 valence electrons. The molecule has 2 heterocycles. The van der Waals surface area contributed by atoms with Crippen molar-refractivity contribution in [3.05, 3.63) is 89.6 Å². The monoisotopic (exact) mass is 443 g/mol. The van der Waals surface area contributed by atoms with E-state index in [0.717, 1.165) is 22.0 Å². The third kappa shape index (κ3) is 3.53. The van der Waals surface area contributed by atoms with Crippen LogP contribution in [0.3, 0.4) is 0 Å². The second-order valence-corrected chi connectivity index (χ2v) is 9.42. The van der Waals surface area contributed by atoms with Crippen LogP contribution in [0.2, 0.25) is 0 Å². The van der Waals surface area contributed by atoms with Crippen LogP contribution in [-0.4, -0.2) is 28.2 Å². The van der Waals surface area contributed by atoms with E-state index < -0.39 is 10.0 Å². The molecule has 0 spiro atoms. The van der Waals surface area contributed by atoms with Gasteiger partial charge in [0.15, 0.2) is 11.5 Å². The molecule has 0 amide bonds. The Bertz CT molecular complexity index is 1560. The lowest BCUT2D eigenvalue weighted by Gasteiger charge is -2.11. The normalized spacial score (nSPS) is 11.9. The lowest BCUT2D eigenvalue weighted by Crippen LogP contribution is -2.24. The van der Waals surface area contributed by atoms with E-state index in [1.807, 2.05) is 67.6 Å². The van der Waals surface area contributed by atoms with Crippen molar-refractivity contribution in [2.24, 2.45) is 0 Å². The van der Waals surface area contributed by atoms with Gasteiger partial charge in [-0.3, -0.25) is 0 Å². The van der Waals surface area contributed by atoms with Crippen LogP contribution in [0.25, 0.3) is 27.8 Å². The summed E-state index contributed by atoms with van der Waals surface area (Å²) >= 11 is 0. The topological polar surface area (TPSA) is 89.2 Å². The van der Waals surface area contributed by atoms with Crippen molar-refractivity contribution in [3.63, 3.8) is 0 Å². The van der Waals surface area contributed by atoms with Crippen LogP contribution in [0.15, 0.2) is 77.7 Å². The molecule has 0 radical (unpaired) electrons. The molecule has 0 aliphatic heterocycles. The molecule has 0 aliphatic carbocycles. The summed E-state index contributed by atoms with van der Waals surface area (Å²) < 4.78 is 30.5. The molecule has 0 saturated heterocycles. The number of benzene rings is 3. The summed E-state index contributed by atoms with van der Waals surface area (Å²) in [6, 6.07) is 22.6. The molecule has 0 bridgehead atoms. The number of sulfonamides is 1. The number of hydrogen-bond donors (Lipinski definition) is 1. The molecule has 3 aromatic carbocycles. The van der Waals surface area contributed by atoms with Crippen LogP contribution >= 0.6 is 0 Å². The van der Waals surface area contributed by atoms with E-state index in [4.69, 9.17) is 0 Å². The molecule has 8 heteroatoms. The molecular formula is C24H21N5O2S. The SMILES string of the molecule is Cc1ccc(-c2nnc3c4ccccc4c(C)nn23)cc1S(=O)(=O)NCc1ccccc1. The molecule has 0 saturated carbocycles. The molecule has 2 aromatic heterocycles. The van der Waals surface area contributed by atoms with Crippen molar-refractivity contribution in [2.45, 2.75) is 25.3 Å². The summed E-state index contributed by atoms with van der Waals surface area (Å²) in [7, 11) is -3.73. The van der Waals surface area contributed by atoms with E-state index in [1.54, 1.807) is 23.6 Å². The highest BCUT2D eigenvalue weighted by Crippen LogP contribution is 2.27. The first-order valence-corrected chi connectivity index (χ1v) is 11.7. The Hall–Kier alpha value is -3.62. The summed E-state index contributed by atoms with van der Waals surface area (Å²) in [6.45, 7) is 3.93. The van der Waals surface area contributed by atoms with Crippen molar-refractivity contribution in [3.8, 4) is 11.4 Å². The second-order valence-electron chi connectivity index (χ2n) is 7.68. The Labute approximate surface area is 185 Å². The standard InChI is InChI=1S/C24H21N5O2S/c1-16-12-13-19(14-22(16)32(30,31)25-15-18-8-4-3-5-9-18)23-26-27-24-21-11-7-6-10-20(21)17(2)28-29(23)24/h3-14,25H,15H2,1-2H3. The number of hydrogen-bond acceptors (Lipinski definition) is 5. The van der Waals surface area contributed by atoms with Gasteiger partial charge in [-0.05, 0) is 31.0 Å². The first-order chi connectivity index (χ1) is 15.4. The van der Waals surface area contributed by atoms with Crippen molar-refractivity contribution in [1.29, 1.82) is 0 Å². The van der Waals surface area contributed by atoms with Gasteiger partial charge in [-0.2, -0.15) is 9.61 Å². The number of nitrogens with one attached hydrogen (secondary N) is 1.